The van der Waals surface area contributed by atoms with E-state index in [4.69, 9.17) is 4.74 Å². The molecule has 1 aliphatic carbocycles. The van der Waals surface area contributed by atoms with Gasteiger partial charge in [0.1, 0.15) is 5.75 Å². The first-order valence-electron chi connectivity index (χ1n) is 7.89. The fraction of sp³-hybridized carbons (Fsp3) is 0.333. The molecule has 1 atom stereocenters. The molecule has 0 aliphatic heterocycles. The lowest BCUT2D eigenvalue weighted by molar-refractivity contribution is -0.384. The van der Waals surface area contributed by atoms with E-state index in [1.54, 1.807) is 13.8 Å². The molecular formula is C18H19NO7. The van der Waals surface area contributed by atoms with E-state index in [0.717, 1.165) is 0 Å². The zero-order chi connectivity index (χ0) is 19.6. The molecule has 26 heavy (non-hydrogen) atoms. The first-order valence-corrected chi connectivity index (χ1v) is 7.89. The molecule has 0 heterocycles. The van der Waals surface area contributed by atoms with Crippen LogP contribution in [0.1, 0.15) is 32.8 Å². The molecule has 1 aliphatic rings. The second kappa shape index (κ2) is 6.99. The third kappa shape index (κ3) is 3.74. The molecule has 0 fully saturated rings. The molecular weight excluding hydrogens is 342 g/mol. The molecule has 8 heteroatoms. The van der Waals surface area contributed by atoms with E-state index in [-0.39, 0.29) is 34.9 Å². The third-order valence-corrected chi connectivity index (χ3v) is 4.06. The van der Waals surface area contributed by atoms with Gasteiger partial charge < -0.3 is 14.9 Å². The lowest BCUT2D eigenvalue weighted by Gasteiger charge is -2.27. The Hall–Kier alpha value is -3.16. The van der Waals surface area contributed by atoms with Crippen molar-refractivity contribution in [2.24, 2.45) is 5.41 Å². The summed E-state index contributed by atoms with van der Waals surface area (Å²) < 4.78 is 5.66. The number of ether oxygens (including phenoxy) is 1. The summed E-state index contributed by atoms with van der Waals surface area (Å²) in [6, 6.07) is 3.93. The van der Waals surface area contributed by atoms with E-state index in [1.165, 1.54) is 37.3 Å². The Labute approximate surface area is 149 Å². The predicted molar refractivity (Wildman–Crippen MR) is 92.9 cm³/mol. The Morgan fingerprint density at radius 2 is 1.96 bits per heavy atom. The zero-order valence-corrected chi connectivity index (χ0v) is 14.6. The summed E-state index contributed by atoms with van der Waals surface area (Å²) in [5.41, 5.74) is -1.26. The van der Waals surface area contributed by atoms with Crippen molar-refractivity contribution >= 4 is 23.2 Å². The van der Waals surface area contributed by atoms with Gasteiger partial charge in [0.15, 0.2) is 0 Å². The summed E-state index contributed by atoms with van der Waals surface area (Å²) in [7, 11) is 0. The zero-order valence-electron chi connectivity index (χ0n) is 14.6. The fourth-order valence-electron chi connectivity index (χ4n) is 2.68. The minimum absolute atomic E-state index is 0.133. The number of benzene rings is 1. The Balaban J connectivity index is 2.68. The van der Waals surface area contributed by atoms with Crippen LogP contribution in [-0.4, -0.2) is 33.2 Å². The molecule has 1 aromatic carbocycles. The van der Waals surface area contributed by atoms with Gasteiger partial charge in [-0.15, -0.1) is 0 Å². The van der Waals surface area contributed by atoms with E-state index >= 15 is 0 Å². The second-order valence-corrected chi connectivity index (χ2v) is 6.53. The monoisotopic (exact) mass is 361 g/mol. The fourth-order valence-corrected chi connectivity index (χ4v) is 2.68. The molecule has 2 N–H and O–H groups in total. The first kappa shape index (κ1) is 19.2. The molecule has 0 saturated heterocycles. The number of nitro benzene ring substituents is 1. The van der Waals surface area contributed by atoms with Crippen LogP contribution in [0.2, 0.25) is 0 Å². The molecule has 0 saturated carbocycles. The number of rotatable bonds is 6. The highest BCUT2D eigenvalue weighted by atomic mass is 16.6. The Bertz CT molecular complexity index is 838. The molecule has 0 spiro atoms. The molecule has 8 nitrogen and oxygen atoms in total. The van der Waals surface area contributed by atoms with Crippen LogP contribution in [0.15, 0.2) is 35.9 Å². The average molecular weight is 361 g/mol. The highest BCUT2D eigenvalue weighted by molar-refractivity contribution is 6.02. The largest absolute Gasteiger partial charge is 0.490 e. The highest BCUT2D eigenvalue weighted by Crippen LogP contribution is 2.41. The van der Waals surface area contributed by atoms with Crippen LogP contribution in [0.4, 0.5) is 5.69 Å². The van der Waals surface area contributed by atoms with Crippen molar-refractivity contribution in [2.75, 3.05) is 0 Å². The van der Waals surface area contributed by atoms with Gasteiger partial charge in [-0.3, -0.25) is 14.9 Å². The molecule has 138 valence electrons. The topological polar surface area (TPSA) is 127 Å². The smallest absolute Gasteiger partial charge is 0.332 e. The highest BCUT2D eigenvalue weighted by Gasteiger charge is 2.37. The van der Waals surface area contributed by atoms with E-state index in [9.17, 15) is 29.9 Å². The number of allylic oxidation sites excluding steroid dienone is 2. The molecule has 1 unspecified atom stereocenters. The maximum absolute atomic E-state index is 11.7. The van der Waals surface area contributed by atoms with Crippen LogP contribution in [0.5, 0.6) is 5.75 Å². The molecule has 0 aromatic heterocycles. The lowest BCUT2D eigenvalue weighted by Crippen LogP contribution is -2.29. The van der Waals surface area contributed by atoms with Crippen LogP contribution in [0, 0.1) is 15.5 Å². The quantitative estimate of drug-likeness (QED) is 0.588. The van der Waals surface area contributed by atoms with E-state index in [2.05, 4.69) is 0 Å². The summed E-state index contributed by atoms with van der Waals surface area (Å²) in [5, 5.41) is 30.1. The average Bonchev–Trinajstić information content (AvgIpc) is 2.54. The number of carboxylic acid groups (broad SMARTS) is 2. The van der Waals surface area contributed by atoms with Gasteiger partial charge in [-0.25, -0.2) is 4.79 Å². The molecule has 2 rings (SSSR count). The minimum Gasteiger partial charge on any atom is -0.490 e. The maximum Gasteiger partial charge on any atom is 0.332 e. The van der Waals surface area contributed by atoms with Crippen LogP contribution in [-0.2, 0) is 9.59 Å². The summed E-state index contributed by atoms with van der Waals surface area (Å²) in [6.07, 6.45) is 2.30. The number of aliphatic carboxylic acids is 2. The van der Waals surface area contributed by atoms with Crippen molar-refractivity contribution in [1.82, 2.24) is 0 Å². The van der Waals surface area contributed by atoms with Gasteiger partial charge in [0.2, 0.25) is 0 Å². The Morgan fingerprint density at radius 1 is 1.31 bits per heavy atom. The van der Waals surface area contributed by atoms with Crippen molar-refractivity contribution in [3.05, 3.63) is 51.6 Å². The Kier molecular flexibility index (Phi) is 5.15. The van der Waals surface area contributed by atoms with E-state index in [0.29, 0.717) is 5.75 Å². The van der Waals surface area contributed by atoms with E-state index < -0.39 is 22.3 Å². The normalized spacial score (nSPS) is 19.5. The van der Waals surface area contributed by atoms with Gasteiger partial charge >= 0.3 is 11.9 Å². The minimum atomic E-state index is -1.36. The van der Waals surface area contributed by atoms with Crippen LogP contribution < -0.4 is 4.74 Å². The maximum atomic E-state index is 11.7. The van der Waals surface area contributed by atoms with Gasteiger partial charge in [-0.2, -0.15) is 0 Å². The van der Waals surface area contributed by atoms with Crippen molar-refractivity contribution in [2.45, 2.75) is 33.3 Å². The SMILES string of the molecule is CC(C)Oc1ccc([N+](=O)[O-])cc1C1=C(C(=O)O)CC(C)(C(=O)O)C=C1. The Morgan fingerprint density at radius 3 is 2.46 bits per heavy atom. The van der Waals surface area contributed by atoms with Crippen LogP contribution in [0.25, 0.3) is 5.57 Å². The van der Waals surface area contributed by atoms with Gasteiger partial charge in [0.05, 0.1) is 16.4 Å². The van der Waals surface area contributed by atoms with Gasteiger partial charge in [-0.05, 0) is 38.8 Å². The number of nitrogens with zero attached hydrogens (tertiary/aromatic N) is 1. The van der Waals surface area contributed by atoms with Crippen LogP contribution in [0.3, 0.4) is 0 Å². The third-order valence-electron chi connectivity index (χ3n) is 4.06. The van der Waals surface area contributed by atoms with Crippen molar-refractivity contribution in [1.29, 1.82) is 0 Å². The predicted octanol–water partition coefficient (Wildman–Crippen LogP) is 3.27. The molecule has 1 aromatic rings. The molecule has 0 amide bonds. The number of non-ortho nitro benzene ring substituents is 1. The van der Waals surface area contributed by atoms with Crippen molar-refractivity contribution in [3.63, 3.8) is 0 Å². The molecule has 0 bridgehead atoms. The number of hydrogen-bond acceptors (Lipinski definition) is 5. The lowest BCUT2D eigenvalue weighted by atomic mass is 9.76. The van der Waals surface area contributed by atoms with E-state index in [1.807, 2.05) is 0 Å². The number of nitro groups is 1. The summed E-state index contributed by atoms with van der Waals surface area (Å²) >= 11 is 0. The summed E-state index contributed by atoms with van der Waals surface area (Å²) in [4.78, 5) is 33.7. The van der Waals surface area contributed by atoms with Gasteiger partial charge in [0, 0.05) is 23.3 Å². The first-order chi connectivity index (χ1) is 12.0. The molecule has 0 radical (unpaired) electrons. The van der Waals surface area contributed by atoms with Crippen molar-refractivity contribution < 1.29 is 29.5 Å². The standard InChI is InChI=1S/C18H19NO7/c1-10(2)26-15-5-4-11(19(24)25)8-13(15)12-6-7-18(3,17(22)23)9-14(12)16(20)21/h4-8,10H,9H2,1-3H3,(H,20,21)(H,22,23). The number of hydrogen-bond donors (Lipinski definition) is 2. The van der Waals surface area contributed by atoms with Crippen molar-refractivity contribution in [3.8, 4) is 5.75 Å². The van der Waals surface area contributed by atoms with Crippen LogP contribution >= 0.6 is 0 Å². The summed E-state index contributed by atoms with van der Waals surface area (Å²) in [6.45, 7) is 4.97. The van der Waals surface area contributed by atoms with Gasteiger partial charge in [0.25, 0.3) is 5.69 Å². The second-order valence-electron chi connectivity index (χ2n) is 6.53. The number of carboxylic acids is 2. The van der Waals surface area contributed by atoms with Gasteiger partial charge in [-0.1, -0.05) is 12.2 Å². The number of carbonyl (C=O) groups is 2. The summed E-state index contributed by atoms with van der Waals surface area (Å²) in [5.74, 6) is -2.13.